The second-order valence-corrected chi connectivity index (χ2v) is 14.7. The molecule has 0 heterocycles. The van der Waals surface area contributed by atoms with Crippen molar-refractivity contribution >= 4 is 12.6 Å². The average Bonchev–Trinajstić information content (AvgIpc) is 2.72. The number of phenols is 2. The van der Waals surface area contributed by atoms with Gasteiger partial charge in [-0.1, -0.05) is 107 Å². The van der Waals surface area contributed by atoms with Gasteiger partial charge in [0.15, 0.2) is 0 Å². The molecule has 2 rings (SSSR count). The van der Waals surface area contributed by atoms with Gasteiger partial charge < -0.3 is 10.2 Å². The molecule has 0 atom stereocenters. The number of phenolic OH excluding ortho intramolecular Hbond substituents is 2. The summed E-state index contributed by atoms with van der Waals surface area (Å²) in [5, 5.41) is 22.2. The minimum absolute atomic E-state index is 0.114. The molecule has 0 saturated carbocycles. The molecular weight excluding hydrogens is 460 g/mol. The molecule has 2 aromatic carbocycles. The van der Waals surface area contributed by atoms with Crippen LogP contribution in [0.4, 0.5) is 0 Å². The lowest BCUT2D eigenvalue weighted by molar-refractivity contribution is 0.418. The van der Waals surface area contributed by atoms with Gasteiger partial charge in [-0.05, 0) is 67.9 Å². The molecule has 2 N–H and O–H groups in total. The summed E-state index contributed by atoms with van der Waals surface area (Å²) in [6.45, 7) is 24.4. The van der Waals surface area contributed by atoms with Crippen LogP contribution >= 0.6 is 0 Å². The topological polar surface area (TPSA) is 74.6 Å². The monoisotopic (exact) mass is 506 g/mol. The van der Waals surface area contributed by atoms with Crippen LogP contribution < -0.4 is 0 Å². The van der Waals surface area contributed by atoms with Crippen molar-refractivity contribution in [2.75, 3.05) is 0 Å². The van der Waals surface area contributed by atoms with Gasteiger partial charge in [-0.3, -0.25) is 9.59 Å². The molecule has 0 aromatic heterocycles. The fourth-order valence-electron chi connectivity index (χ4n) is 4.80. The average molecular weight is 507 g/mol. The summed E-state index contributed by atoms with van der Waals surface area (Å²) < 4.78 is 0. The first kappa shape index (κ1) is 30.6. The van der Waals surface area contributed by atoms with Crippen LogP contribution in [0.5, 0.6) is 11.5 Å². The largest absolute Gasteiger partial charge is 0.507 e. The second kappa shape index (κ2) is 9.93. The van der Waals surface area contributed by atoms with Crippen LogP contribution in [0.3, 0.4) is 0 Å². The van der Waals surface area contributed by atoms with Gasteiger partial charge >= 0.3 is 0 Å². The predicted octanol–water partition coefficient (Wildman–Crippen LogP) is 7.28. The minimum Gasteiger partial charge on any atom is -0.507 e. The maximum absolute atomic E-state index is 12.4. The molecule has 0 spiro atoms. The Hall–Kier alpha value is -2.62. The fraction of sp³-hybridized carbons (Fsp3) is 0.576. The number of rotatable bonds is 6. The lowest BCUT2D eigenvalue weighted by Crippen LogP contribution is -2.31. The van der Waals surface area contributed by atoms with E-state index in [0.29, 0.717) is 0 Å². The van der Waals surface area contributed by atoms with Gasteiger partial charge in [-0.15, -0.1) is 0 Å². The highest BCUT2D eigenvalue weighted by Crippen LogP contribution is 2.43. The van der Waals surface area contributed by atoms with Crippen molar-refractivity contribution in [1.29, 1.82) is 0 Å². The SMILES string of the molecule is CC(C)(C)c1cc(CC([C]=O)([C]=O)Cc2cc(C(C)(C)C)c(O)c(C(C)(C)C)c2)cc(C(C)(C)C)c1O. The Kier molecular flexibility index (Phi) is 8.21. The summed E-state index contributed by atoms with van der Waals surface area (Å²) in [5.74, 6) is 0.505. The Bertz CT molecular complexity index is 995. The van der Waals surface area contributed by atoms with Crippen LogP contribution in [0.15, 0.2) is 24.3 Å². The van der Waals surface area contributed by atoms with Crippen molar-refractivity contribution in [3.8, 4) is 11.5 Å². The molecule has 37 heavy (non-hydrogen) atoms. The van der Waals surface area contributed by atoms with Crippen molar-refractivity contribution in [2.45, 2.75) is 118 Å². The molecule has 0 saturated heterocycles. The third kappa shape index (κ3) is 6.83. The first-order valence-corrected chi connectivity index (χ1v) is 13.1. The molecule has 0 aliphatic carbocycles. The van der Waals surface area contributed by atoms with E-state index in [1.54, 1.807) is 0 Å². The zero-order valence-corrected chi connectivity index (χ0v) is 24.9. The second-order valence-electron chi connectivity index (χ2n) is 14.7. The maximum atomic E-state index is 12.4. The third-order valence-electron chi connectivity index (χ3n) is 6.97. The Labute approximate surface area is 224 Å². The van der Waals surface area contributed by atoms with Gasteiger partial charge in [0.1, 0.15) is 16.9 Å². The molecular formula is C33H46O4. The molecule has 0 fully saturated rings. The maximum Gasteiger partial charge on any atom is 0.214 e. The van der Waals surface area contributed by atoms with Crippen molar-refractivity contribution in [3.05, 3.63) is 57.6 Å². The minimum atomic E-state index is -1.53. The van der Waals surface area contributed by atoms with Gasteiger partial charge in [0, 0.05) is 0 Å². The van der Waals surface area contributed by atoms with E-state index >= 15 is 0 Å². The van der Waals surface area contributed by atoms with Crippen molar-refractivity contribution in [1.82, 2.24) is 0 Å². The Morgan fingerprint density at radius 1 is 0.514 bits per heavy atom. The first-order chi connectivity index (χ1) is 16.6. The smallest absolute Gasteiger partial charge is 0.214 e. The van der Waals surface area contributed by atoms with Gasteiger partial charge in [-0.25, -0.2) is 0 Å². The van der Waals surface area contributed by atoms with Crippen molar-refractivity contribution in [2.24, 2.45) is 5.41 Å². The van der Waals surface area contributed by atoms with Gasteiger partial charge in [-0.2, -0.15) is 0 Å². The summed E-state index contributed by atoms with van der Waals surface area (Å²) >= 11 is 0. The highest BCUT2D eigenvalue weighted by molar-refractivity contribution is 5.85. The number of aromatic hydroxyl groups is 2. The summed E-state index contributed by atoms with van der Waals surface area (Å²) in [5.41, 5.74) is 1.80. The summed E-state index contributed by atoms with van der Waals surface area (Å²) in [4.78, 5) is 24.9. The zero-order valence-electron chi connectivity index (χ0n) is 24.9. The summed E-state index contributed by atoms with van der Waals surface area (Å²) in [7, 11) is 0. The van der Waals surface area contributed by atoms with E-state index in [1.807, 2.05) is 120 Å². The van der Waals surface area contributed by atoms with Gasteiger partial charge in [0.05, 0.1) is 0 Å². The Morgan fingerprint density at radius 2 is 0.730 bits per heavy atom. The Balaban J connectivity index is 2.71. The van der Waals surface area contributed by atoms with E-state index in [4.69, 9.17) is 0 Å². The summed E-state index contributed by atoms with van der Waals surface area (Å²) in [6, 6.07) is 7.58. The van der Waals surface area contributed by atoms with E-state index < -0.39 is 5.41 Å². The number of hydrogen-bond acceptors (Lipinski definition) is 4. The fourth-order valence-corrected chi connectivity index (χ4v) is 4.80. The molecule has 0 unspecified atom stereocenters. The standard InChI is InChI=1S/C33H46O4/c1-29(2,3)23-13-21(14-24(27(23)36)30(4,5)6)17-33(19-34,20-35)18-22-15-25(31(7,8)9)28(37)26(16-22)32(10,11)12/h13-16,36-37H,17-18H2,1-12H3. The highest BCUT2D eigenvalue weighted by atomic mass is 16.3. The van der Waals surface area contributed by atoms with Gasteiger partial charge in [0.2, 0.25) is 12.6 Å². The molecule has 2 radical (unpaired) electrons. The van der Waals surface area contributed by atoms with E-state index in [2.05, 4.69) is 0 Å². The lowest BCUT2D eigenvalue weighted by Gasteiger charge is -2.30. The quantitative estimate of drug-likeness (QED) is 0.404. The van der Waals surface area contributed by atoms with E-state index in [-0.39, 0.29) is 46.0 Å². The summed E-state index contributed by atoms with van der Waals surface area (Å²) in [6.07, 6.45) is 4.28. The van der Waals surface area contributed by atoms with Gasteiger partial charge in [0.25, 0.3) is 0 Å². The highest BCUT2D eigenvalue weighted by Gasteiger charge is 2.36. The van der Waals surface area contributed by atoms with E-state index in [0.717, 1.165) is 33.4 Å². The normalized spacial score (nSPS) is 13.5. The number of carbonyl (C=O) groups excluding carboxylic acids is 2. The first-order valence-electron chi connectivity index (χ1n) is 13.1. The van der Waals surface area contributed by atoms with Crippen LogP contribution in [-0.2, 0) is 44.1 Å². The molecule has 4 nitrogen and oxygen atoms in total. The Morgan fingerprint density at radius 3 is 0.892 bits per heavy atom. The van der Waals surface area contributed by atoms with Crippen molar-refractivity contribution in [3.63, 3.8) is 0 Å². The zero-order chi connectivity index (χ0) is 28.8. The van der Waals surface area contributed by atoms with Crippen LogP contribution in [0, 0.1) is 5.41 Å². The molecule has 0 bridgehead atoms. The van der Waals surface area contributed by atoms with E-state index in [1.165, 1.54) is 0 Å². The lowest BCUT2D eigenvalue weighted by atomic mass is 9.73. The van der Waals surface area contributed by atoms with Crippen molar-refractivity contribution < 1.29 is 19.8 Å². The van der Waals surface area contributed by atoms with Crippen LogP contribution in [0.25, 0.3) is 0 Å². The number of hydrogen-bond donors (Lipinski definition) is 2. The molecule has 4 heteroatoms. The predicted molar refractivity (Wildman–Crippen MR) is 152 cm³/mol. The molecule has 202 valence electrons. The van der Waals surface area contributed by atoms with Crippen LogP contribution in [0.2, 0.25) is 0 Å². The van der Waals surface area contributed by atoms with Crippen LogP contribution in [-0.4, -0.2) is 22.8 Å². The molecule has 2 aromatic rings. The molecule has 0 aliphatic rings. The van der Waals surface area contributed by atoms with E-state index in [9.17, 15) is 19.8 Å². The molecule has 0 amide bonds. The molecule has 0 aliphatic heterocycles. The number of benzene rings is 2. The third-order valence-corrected chi connectivity index (χ3v) is 6.97. The van der Waals surface area contributed by atoms with Crippen LogP contribution in [0.1, 0.15) is 116 Å².